The lowest BCUT2D eigenvalue weighted by atomic mass is 10.1. The molecule has 3 aromatic rings. The van der Waals surface area contributed by atoms with Crippen LogP contribution < -0.4 is 5.32 Å². The molecule has 0 saturated heterocycles. The van der Waals surface area contributed by atoms with Gasteiger partial charge in [0.05, 0.1) is 5.69 Å². The molecule has 0 spiro atoms. The van der Waals surface area contributed by atoms with Gasteiger partial charge in [-0.05, 0) is 30.2 Å². The summed E-state index contributed by atoms with van der Waals surface area (Å²) in [5, 5.41) is 7.21. The molecule has 1 amide bonds. The number of benzene rings is 2. The van der Waals surface area contributed by atoms with Gasteiger partial charge >= 0.3 is 0 Å². The molecule has 22 heavy (non-hydrogen) atoms. The molecule has 1 heterocycles. The van der Waals surface area contributed by atoms with Gasteiger partial charge in [-0.15, -0.1) is 0 Å². The van der Waals surface area contributed by atoms with Gasteiger partial charge in [0.15, 0.2) is 5.69 Å². The van der Waals surface area contributed by atoms with Gasteiger partial charge in [0, 0.05) is 12.7 Å². The quantitative estimate of drug-likeness (QED) is 0.785. The highest BCUT2D eigenvalue weighted by atomic mass is 16.1. The van der Waals surface area contributed by atoms with E-state index in [0.717, 1.165) is 12.1 Å². The number of hydrogen-bond donors (Lipinski definition) is 1. The van der Waals surface area contributed by atoms with Crippen molar-refractivity contribution in [2.45, 2.75) is 6.42 Å². The molecule has 4 nitrogen and oxygen atoms in total. The molecule has 1 aromatic heterocycles. The van der Waals surface area contributed by atoms with Gasteiger partial charge in [-0.2, -0.15) is 5.10 Å². The van der Waals surface area contributed by atoms with Gasteiger partial charge in [0.2, 0.25) is 0 Å². The second-order valence-electron chi connectivity index (χ2n) is 4.97. The van der Waals surface area contributed by atoms with E-state index < -0.39 is 0 Å². The Morgan fingerprint density at radius 1 is 0.955 bits per heavy atom. The molecule has 2 aromatic carbocycles. The van der Waals surface area contributed by atoms with Crippen LogP contribution in [0.4, 0.5) is 0 Å². The second-order valence-corrected chi connectivity index (χ2v) is 4.97. The molecule has 3 rings (SSSR count). The predicted molar refractivity (Wildman–Crippen MR) is 86.0 cm³/mol. The van der Waals surface area contributed by atoms with Crippen LogP contribution in [0.1, 0.15) is 16.1 Å². The molecular formula is C18H17N3O. The summed E-state index contributed by atoms with van der Waals surface area (Å²) < 4.78 is 1.70. The Labute approximate surface area is 129 Å². The number of amides is 1. The molecule has 0 radical (unpaired) electrons. The van der Waals surface area contributed by atoms with Crippen LogP contribution in [0.15, 0.2) is 72.9 Å². The van der Waals surface area contributed by atoms with E-state index in [-0.39, 0.29) is 5.91 Å². The number of aromatic nitrogens is 2. The number of carbonyl (C=O) groups excluding carboxylic acids is 1. The number of para-hydroxylation sites is 1. The first-order valence-electron chi connectivity index (χ1n) is 7.26. The molecule has 1 N–H and O–H groups in total. The SMILES string of the molecule is O=C(NCCc1ccccc1)c1ccn(-c2ccccc2)n1. The van der Waals surface area contributed by atoms with Crippen molar-refractivity contribution in [1.82, 2.24) is 15.1 Å². The highest BCUT2D eigenvalue weighted by Gasteiger charge is 2.09. The largest absolute Gasteiger partial charge is 0.350 e. The van der Waals surface area contributed by atoms with Crippen molar-refractivity contribution >= 4 is 5.91 Å². The molecule has 0 aliphatic heterocycles. The summed E-state index contributed by atoms with van der Waals surface area (Å²) in [7, 11) is 0. The molecule has 0 aliphatic carbocycles. The minimum atomic E-state index is -0.148. The van der Waals surface area contributed by atoms with Crippen molar-refractivity contribution < 1.29 is 4.79 Å². The fourth-order valence-electron chi connectivity index (χ4n) is 2.23. The summed E-state index contributed by atoms with van der Waals surface area (Å²) in [5.41, 5.74) is 2.57. The maximum absolute atomic E-state index is 12.1. The van der Waals surface area contributed by atoms with Crippen LogP contribution in [0, 0.1) is 0 Å². The lowest BCUT2D eigenvalue weighted by molar-refractivity contribution is 0.0948. The van der Waals surface area contributed by atoms with Crippen molar-refractivity contribution in [3.8, 4) is 5.69 Å². The molecular weight excluding hydrogens is 274 g/mol. The van der Waals surface area contributed by atoms with E-state index in [1.807, 2.05) is 48.5 Å². The van der Waals surface area contributed by atoms with Crippen LogP contribution in [0.5, 0.6) is 0 Å². The Morgan fingerprint density at radius 3 is 2.36 bits per heavy atom. The Kier molecular flexibility index (Phi) is 4.30. The molecule has 4 heteroatoms. The third-order valence-corrected chi connectivity index (χ3v) is 3.38. The minimum absolute atomic E-state index is 0.148. The van der Waals surface area contributed by atoms with Gasteiger partial charge in [-0.3, -0.25) is 4.79 Å². The zero-order valence-corrected chi connectivity index (χ0v) is 12.1. The Balaban J connectivity index is 1.58. The molecule has 0 fully saturated rings. The molecule has 0 atom stereocenters. The van der Waals surface area contributed by atoms with E-state index in [9.17, 15) is 4.79 Å². The number of nitrogens with one attached hydrogen (secondary N) is 1. The van der Waals surface area contributed by atoms with Crippen LogP contribution >= 0.6 is 0 Å². The van der Waals surface area contributed by atoms with E-state index in [0.29, 0.717) is 12.2 Å². The van der Waals surface area contributed by atoms with Crippen molar-refractivity contribution in [3.05, 3.63) is 84.2 Å². The van der Waals surface area contributed by atoms with Crippen molar-refractivity contribution in [3.63, 3.8) is 0 Å². The Morgan fingerprint density at radius 2 is 1.64 bits per heavy atom. The summed E-state index contributed by atoms with van der Waals surface area (Å²) in [6.07, 6.45) is 2.60. The Bertz CT molecular complexity index is 735. The molecule has 0 unspecified atom stereocenters. The normalized spacial score (nSPS) is 10.4. The Hall–Kier alpha value is -2.88. The summed E-state index contributed by atoms with van der Waals surface area (Å²) in [6, 6.07) is 21.5. The first-order chi connectivity index (χ1) is 10.8. The molecule has 0 bridgehead atoms. The first kappa shape index (κ1) is 14.1. The number of nitrogens with zero attached hydrogens (tertiary/aromatic N) is 2. The fraction of sp³-hybridized carbons (Fsp3) is 0.111. The monoisotopic (exact) mass is 291 g/mol. The van der Waals surface area contributed by atoms with Gasteiger partial charge in [-0.1, -0.05) is 48.5 Å². The lowest BCUT2D eigenvalue weighted by Crippen LogP contribution is -2.26. The third-order valence-electron chi connectivity index (χ3n) is 3.38. The van der Waals surface area contributed by atoms with Gasteiger partial charge < -0.3 is 5.32 Å². The number of rotatable bonds is 5. The van der Waals surface area contributed by atoms with E-state index in [4.69, 9.17) is 0 Å². The summed E-state index contributed by atoms with van der Waals surface area (Å²) in [5.74, 6) is -0.148. The highest BCUT2D eigenvalue weighted by Crippen LogP contribution is 2.06. The third kappa shape index (κ3) is 3.41. The zero-order chi connectivity index (χ0) is 15.2. The van der Waals surface area contributed by atoms with Gasteiger partial charge in [0.25, 0.3) is 5.91 Å². The standard InChI is InChI=1S/C18H17N3O/c22-18(19-13-11-15-7-3-1-4-8-15)17-12-14-21(20-17)16-9-5-2-6-10-16/h1-10,12,14H,11,13H2,(H,19,22). The average Bonchev–Trinajstić information content (AvgIpc) is 3.07. The number of carbonyl (C=O) groups is 1. The smallest absolute Gasteiger partial charge is 0.271 e. The van der Waals surface area contributed by atoms with E-state index >= 15 is 0 Å². The zero-order valence-electron chi connectivity index (χ0n) is 12.1. The highest BCUT2D eigenvalue weighted by molar-refractivity contribution is 5.92. The van der Waals surface area contributed by atoms with Crippen molar-refractivity contribution in [2.24, 2.45) is 0 Å². The van der Waals surface area contributed by atoms with E-state index in [2.05, 4.69) is 22.5 Å². The summed E-state index contributed by atoms with van der Waals surface area (Å²) in [4.78, 5) is 12.1. The fourth-order valence-corrected chi connectivity index (χ4v) is 2.23. The average molecular weight is 291 g/mol. The number of hydrogen-bond acceptors (Lipinski definition) is 2. The molecule has 110 valence electrons. The molecule has 0 aliphatic rings. The summed E-state index contributed by atoms with van der Waals surface area (Å²) in [6.45, 7) is 0.598. The van der Waals surface area contributed by atoms with Crippen molar-refractivity contribution in [1.29, 1.82) is 0 Å². The van der Waals surface area contributed by atoms with Crippen LogP contribution in [0.25, 0.3) is 5.69 Å². The van der Waals surface area contributed by atoms with Crippen LogP contribution in [0.2, 0.25) is 0 Å². The van der Waals surface area contributed by atoms with Crippen molar-refractivity contribution in [2.75, 3.05) is 6.54 Å². The first-order valence-corrected chi connectivity index (χ1v) is 7.26. The molecule has 0 saturated carbocycles. The van der Waals surface area contributed by atoms with E-state index in [1.165, 1.54) is 5.56 Å². The second kappa shape index (κ2) is 6.72. The topological polar surface area (TPSA) is 46.9 Å². The lowest BCUT2D eigenvalue weighted by Gasteiger charge is -2.03. The predicted octanol–water partition coefficient (Wildman–Crippen LogP) is 2.84. The van der Waals surface area contributed by atoms with E-state index in [1.54, 1.807) is 16.9 Å². The maximum atomic E-state index is 12.1. The van der Waals surface area contributed by atoms with Crippen LogP contribution in [-0.4, -0.2) is 22.2 Å². The minimum Gasteiger partial charge on any atom is -0.350 e. The van der Waals surface area contributed by atoms with Gasteiger partial charge in [-0.25, -0.2) is 4.68 Å². The van der Waals surface area contributed by atoms with Crippen LogP contribution in [-0.2, 0) is 6.42 Å². The summed E-state index contributed by atoms with van der Waals surface area (Å²) >= 11 is 0. The maximum Gasteiger partial charge on any atom is 0.271 e. The van der Waals surface area contributed by atoms with Crippen LogP contribution in [0.3, 0.4) is 0 Å². The van der Waals surface area contributed by atoms with Gasteiger partial charge in [0.1, 0.15) is 0 Å².